The Morgan fingerprint density at radius 2 is 2.11 bits per heavy atom. The first-order chi connectivity index (χ1) is 8.90. The van der Waals surface area contributed by atoms with E-state index < -0.39 is 0 Å². The van der Waals surface area contributed by atoms with Crippen LogP contribution in [0.2, 0.25) is 5.02 Å². The fourth-order valence-electron chi connectivity index (χ4n) is 2.13. The Balaban J connectivity index is 2.57. The summed E-state index contributed by atoms with van der Waals surface area (Å²) in [6.07, 6.45) is 0.796. The van der Waals surface area contributed by atoms with E-state index in [1.54, 1.807) is 0 Å². The van der Waals surface area contributed by atoms with Gasteiger partial charge in [0.25, 0.3) is 0 Å². The van der Waals surface area contributed by atoms with E-state index in [-0.39, 0.29) is 6.04 Å². The molecule has 1 heterocycles. The van der Waals surface area contributed by atoms with Gasteiger partial charge in [-0.3, -0.25) is 0 Å². The van der Waals surface area contributed by atoms with Crippen LogP contribution in [0.5, 0.6) is 0 Å². The SMILES string of the molecule is Cc1nn(-c2ccc(Br)cc2CC(C)N)c(C)c1Cl. The second-order valence-corrected chi connectivity index (χ2v) is 6.14. The van der Waals surface area contributed by atoms with Crippen molar-refractivity contribution in [1.82, 2.24) is 9.78 Å². The molecule has 2 aromatic rings. The molecule has 2 N–H and O–H groups in total. The highest BCUT2D eigenvalue weighted by Crippen LogP contribution is 2.26. The third-order valence-electron chi connectivity index (χ3n) is 3.01. The monoisotopic (exact) mass is 341 g/mol. The first-order valence-electron chi connectivity index (χ1n) is 6.16. The molecule has 1 atom stereocenters. The smallest absolute Gasteiger partial charge is 0.0848 e. The Bertz CT molecular complexity index is 605. The second kappa shape index (κ2) is 5.65. The number of halogens is 2. The molecule has 0 saturated heterocycles. The van der Waals surface area contributed by atoms with Crippen molar-refractivity contribution in [2.75, 3.05) is 0 Å². The second-order valence-electron chi connectivity index (χ2n) is 4.85. The Kier molecular flexibility index (Phi) is 4.33. The molecule has 3 nitrogen and oxygen atoms in total. The number of hydrogen-bond donors (Lipinski definition) is 1. The lowest BCUT2D eigenvalue weighted by atomic mass is 10.1. The molecular formula is C14H17BrClN3. The first kappa shape index (κ1) is 14.6. The van der Waals surface area contributed by atoms with Crippen LogP contribution in [0.25, 0.3) is 5.69 Å². The van der Waals surface area contributed by atoms with Crippen LogP contribution in [0.1, 0.15) is 23.9 Å². The highest BCUT2D eigenvalue weighted by Gasteiger charge is 2.14. The van der Waals surface area contributed by atoms with Crippen LogP contribution in [-0.2, 0) is 6.42 Å². The molecule has 19 heavy (non-hydrogen) atoms. The van der Waals surface area contributed by atoms with Crippen LogP contribution in [-0.4, -0.2) is 15.8 Å². The Morgan fingerprint density at radius 3 is 2.63 bits per heavy atom. The standard InChI is InChI=1S/C14H17BrClN3/c1-8(17)6-11-7-12(15)4-5-13(11)19-10(3)14(16)9(2)18-19/h4-5,7-8H,6,17H2,1-3H3. The summed E-state index contributed by atoms with van der Waals surface area (Å²) >= 11 is 9.72. The fourth-order valence-corrected chi connectivity index (χ4v) is 2.66. The van der Waals surface area contributed by atoms with Crippen LogP contribution < -0.4 is 5.73 Å². The summed E-state index contributed by atoms with van der Waals surface area (Å²) in [6, 6.07) is 6.23. The third-order valence-corrected chi connectivity index (χ3v) is 4.05. The van der Waals surface area contributed by atoms with Crippen molar-refractivity contribution in [1.29, 1.82) is 0 Å². The van der Waals surface area contributed by atoms with E-state index in [1.165, 1.54) is 0 Å². The molecular weight excluding hydrogens is 326 g/mol. The van der Waals surface area contributed by atoms with Gasteiger partial charge in [-0.25, -0.2) is 4.68 Å². The van der Waals surface area contributed by atoms with Gasteiger partial charge in [0.05, 0.1) is 22.1 Å². The predicted molar refractivity (Wildman–Crippen MR) is 83.1 cm³/mol. The number of aryl methyl sites for hydroxylation is 1. The molecule has 0 fully saturated rings. The zero-order valence-corrected chi connectivity index (χ0v) is 13.6. The van der Waals surface area contributed by atoms with Crippen LogP contribution in [0.3, 0.4) is 0 Å². The lowest BCUT2D eigenvalue weighted by molar-refractivity contribution is 0.723. The number of rotatable bonds is 3. The molecule has 0 aliphatic heterocycles. The van der Waals surface area contributed by atoms with Crippen molar-refractivity contribution in [2.24, 2.45) is 5.73 Å². The Labute approximate surface area is 126 Å². The topological polar surface area (TPSA) is 43.8 Å². The van der Waals surface area contributed by atoms with Gasteiger partial charge in [-0.1, -0.05) is 27.5 Å². The molecule has 0 amide bonds. The zero-order valence-electron chi connectivity index (χ0n) is 11.2. The summed E-state index contributed by atoms with van der Waals surface area (Å²) in [5, 5.41) is 5.22. The maximum Gasteiger partial charge on any atom is 0.0848 e. The van der Waals surface area contributed by atoms with Crippen LogP contribution in [0.15, 0.2) is 22.7 Å². The van der Waals surface area contributed by atoms with Crippen molar-refractivity contribution in [3.63, 3.8) is 0 Å². The van der Waals surface area contributed by atoms with E-state index in [4.69, 9.17) is 17.3 Å². The predicted octanol–water partition coefficient (Wildman–Crippen LogP) is 3.79. The molecule has 102 valence electrons. The number of hydrogen-bond acceptors (Lipinski definition) is 2. The van der Waals surface area contributed by atoms with Gasteiger partial charge in [0.2, 0.25) is 0 Å². The van der Waals surface area contributed by atoms with E-state index in [2.05, 4.69) is 27.1 Å². The van der Waals surface area contributed by atoms with Crippen LogP contribution in [0.4, 0.5) is 0 Å². The van der Waals surface area contributed by atoms with E-state index in [1.807, 2.05) is 37.6 Å². The average molecular weight is 343 g/mol. The highest BCUT2D eigenvalue weighted by atomic mass is 79.9. The molecule has 0 bridgehead atoms. The van der Waals surface area contributed by atoms with E-state index in [0.717, 1.165) is 38.6 Å². The van der Waals surface area contributed by atoms with Crippen molar-refractivity contribution in [3.8, 4) is 5.69 Å². The molecule has 0 aliphatic rings. The minimum atomic E-state index is 0.0977. The summed E-state index contributed by atoms with van der Waals surface area (Å²) < 4.78 is 2.93. The van der Waals surface area contributed by atoms with Crippen molar-refractivity contribution in [3.05, 3.63) is 44.6 Å². The molecule has 2 rings (SSSR count). The van der Waals surface area contributed by atoms with Gasteiger partial charge in [0.15, 0.2) is 0 Å². The minimum Gasteiger partial charge on any atom is -0.328 e. The lowest BCUT2D eigenvalue weighted by Crippen LogP contribution is -2.19. The molecule has 0 spiro atoms. The van der Waals surface area contributed by atoms with Crippen molar-refractivity contribution >= 4 is 27.5 Å². The maximum atomic E-state index is 6.22. The lowest BCUT2D eigenvalue weighted by Gasteiger charge is -2.13. The first-order valence-corrected chi connectivity index (χ1v) is 7.33. The molecule has 0 aliphatic carbocycles. The Hall–Kier alpha value is -0.840. The molecule has 0 saturated carbocycles. The quantitative estimate of drug-likeness (QED) is 0.922. The van der Waals surface area contributed by atoms with Gasteiger partial charge >= 0.3 is 0 Å². The van der Waals surface area contributed by atoms with Crippen molar-refractivity contribution in [2.45, 2.75) is 33.2 Å². The van der Waals surface area contributed by atoms with Crippen LogP contribution in [0, 0.1) is 13.8 Å². The molecule has 0 radical (unpaired) electrons. The zero-order chi connectivity index (χ0) is 14.2. The van der Waals surface area contributed by atoms with Crippen molar-refractivity contribution < 1.29 is 0 Å². The van der Waals surface area contributed by atoms with Crippen LogP contribution >= 0.6 is 27.5 Å². The van der Waals surface area contributed by atoms with Gasteiger partial charge in [-0.05, 0) is 51.0 Å². The largest absolute Gasteiger partial charge is 0.328 e. The normalized spacial score (nSPS) is 12.7. The third kappa shape index (κ3) is 3.02. The molecule has 1 aromatic carbocycles. The average Bonchev–Trinajstić information content (AvgIpc) is 2.57. The summed E-state index contributed by atoms with van der Waals surface area (Å²) in [5.74, 6) is 0. The van der Waals surface area contributed by atoms with E-state index >= 15 is 0 Å². The van der Waals surface area contributed by atoms with E-state index in [9.17, 15) is 0 Å². The molecule has 1 aromatic heterocycles. The summed E-state index contributed by atoms with van der Waals surface area (Å²) in [4.78, 5) is 0. The van der Waals surface area contributed by atoms with Gasteiger partial charge in [-0.2, -0.15) is 5.10 Å². The van der Waals surface area contributed by atoms with Gasteiger partial charge in [0.1, 0.15) is 0 Å². The molecule has 5 heteroatoms. The van der Waals surface area contributed by atoms with Gasteiger partial charge in [0, 0.05) is 10.5 Å². The highest BCUT2D eigenvalue weighted by molar-refractivity contribution is 9.10. The Morgan fingerprint density at radius 1 is 1.42 bits per heavy atom. The van der Waals surface area contributed by atoms with Gasteiger partial charge in [-0.15, -0.1) is 0 Å². The molecule has 1 unspecified atom stereocenters. The summed E-state index contributed by atoms with van der Waals surface area (Å²) in [5.41, 5.74) is 9.91. The minimum absolute atomic E-state index is 0.0977. The summed E-state index contributed by atoms with van der Waals surface area (Å²) in [7, 11) is 0. The number of nitrogens with zero attached hydrogens (tertiary/aromatic N) is 2. The summed E-state index contributed by atoms with van der Waals surface area (Å²) in [6.45, 7) is 5.88. The fraction of sp³-hybridized carbons (Fsp3) is 0.357. The number of benzene rings is 1. The maximum absolute atomic E-state index is 6.22. The number of aromatic nitrogens is 2. The number of nitrogens with two attached hydrogens (primary N) is 1. The van der Waals surface area contributed by atoms with Gasteiger partial charge < -0.3 is 5.73 Å². The van der Waals surface area contributed by atoms with E-state index in [0.29, 0.717) is 0 Å².